The van der Waals surface area contributed by atoms with Crippen LogP contribution in [0.15, 0.2) is 11.1 Å². The first kappa shape index (κ1) is 12.4. The molecule has 0 saturated heterocycles. The van der Waals surface area contributed by atoms with Crippen LogP contribution in [-0.2, 0) is 4.79 Å². The Kier molecular flexibility index (Phi) is 2.80. The molecule has 0 aromatic heterocycles. The van der Waals surface area contributed by atoms with E-state index in [1.54, 1.807) is 13.8 Å². The molecule has 6 heteroatoms. The van der Waals surface area contributed by atoms with Gasteiger partial charge >= 0.3 is 12.1 Å². The van der Waals surface area contributed by atoms with Crippen molar-refractivity contribution in [3.63, 3.8) is 0 Å². The number of hydrogen-bond acceptors (Lipinski definition) is 1. The highest BCUT2D eigenvalue weighted by Crippen LogP contribution is 2.60. The van der Waals surface area contributed by atoms with Gasteiger partial charge in [-0.05, 0) is 11.3 Å². The summed E-state index contributed by atoms with van der Waals surface area (Å²) in [5, 5.41) is 7.48. The number of alkyl halides is 3. The first-order valence-corrected chi connectivity index (χ1v) is 4.63. The van der Waals surface area contributed by atoms with Crippen LogP contribution in [0.1, 0.15) is 13.8 Å². The largest absolute Gasteiger partial charge is 0.481 e. The van der Waals surface area contributed by atoms with E-state index in [4.69, 9.17) is 16.7 Å². The van der Waals surface area contributed by atoms with Crippen molar-refractivity contribution in [3.8, 4) is 0 Å². The molecule has 1 saturated carbocycles. The van der Waals surface area contributed by atoms with Gasteiger partial charge in [0.05, 0.1) is 5.92 Å². The molecular formula is C9H10ClF3O2. The maximum absolute atomic E-state index is 12.1. The Bertz CT molecular complexity index is 320. The molecule has 1 aliphatic rings. The molecule has 86 valence electrons. The molecule has 0 amide bonds. The zero-order valence-electron chi connectivity index (χ0n) is 8.10. The monoisotopic (exact) mass is 242 g/mol. The normalized spacial score (nSPS) is 30.1. The SMILES string of the molecule is CC1(C)C(/C=C(\Cl)C(F)(F)F)C1C(=O)O. The Balaban J connectivity index is 2.83. The molecule has 1 N–H and O–H groups in total. The first-order valence-electron chi connectivity index (χ1n) is 4.26. The Hall–Kier alpha value is -0.710. The molecule has 0 radical (unpaired) electrons. The van der Waals surface area contributed by atoms with Crippen LogP contribution in [0.3, 0.4) is 0 Å². The van der Waals surface area contributed by atoms with Crippen LogP contribution in [0.4, 0.5) is 13.2 Å². The van der Waals surface area contributed by atoms with Gasteiger partial charge in [0, 0.05) is 0 Å². The van der Waals surface area contributed by atoms with Crippen LogP contribution >= 0.6 is 11.6 Å². The number of carboxylic acid groups (broad SMARTS) is 1. The van der Waals surface area contributed by atoms with E-state index in [1.165, 1.54) is 0 Å². The summed E-state index contributed by atoms with van der Waals surface area (Å²) in [7, 11) is 0. The standard InChI is InChI=1S/C9H10ClF3O2/c1-8(2)4(6(8)7(14)15)3-5(10)9(11,12)13/h3-4,6H,1-2H3,(H,14,15)/b5-3-. The molecule has 2 nitrogen and oxygen atoms in total. The Morgan fingerprint density at radius 2 is 1.93 bits per heavy atom. The quantitative estimate of drug-likeness (QED) is 0.808. The van der Waals surface area contributed by atoms with Crippen LogP contribution in [0, 0.1) is 17.3 Å². The minimum atomic E-state index is -4.59. The number of carbonyl (C=O) groups is 1. The lowest BCUT2D eigenvalue weighted by atomic mass is 10.1. The van der Waals surface area contributed by atoms with Crippen molar-refractivity contribution in [3.05, 3.63) is 11.1 Å². The van der Waals surface area contributed by atoms with Gasteiger partial charge in [-0.1, -0.05) is 31.5 Å². The average molecular weight is 243 g/mol. The van der Waals surface area contributed by atoms with Crippen LogP contribution in [0.2, 0.25) is 0 Å². The van der Waals surface area contributed by atoms with Crippen molar-refractivity contribution in [2.24, 2.45) is 17.3 Å². The van der Waals surface area contributed by atoms with E-state index < -0.39 is 34.4 Å². The van der Waals surface area contributed by atoms with Gasteiger partial charge in [-0.25, -0.2) is 0 Å². The first-order chi connectivity index (χ1) is 6.58. The van der Waals surface area contributed by atoms with Gasteiger partial charge in [-0.3, -0.25) is 4.79 Å². The summed E-state index contributed by atoms with van der Waals surface area (Å²) in [5.74, 6) is -2.52. The summed E-state index contributed by atoms with van der Waals surface area (Å²) in [5.41, 5.74) is -0.656. The topological polar surface area (TPSA) is 37.3 Å². The third kappa shape index (κ3) is 2.27. The van der Waals surface area contributed by atoms with E-state index in [0.717, 1.165) is 6.08 Å². The summed E-state index contributed by atoms with van der Waals surface area (Å²) in [4.78, 5) is 10.7. The Morgan fingerprint density at radius 1 is 1.47 bits per heavy atom. The van der Waals surface area contributed by atoms with E-state index in [-0.39, 0.29) is 0 Å². The predicted molar refractivity (Wildman–Crippen MR) is 48.4 cm³/mol. The maximum atomic E-state index is 12.1. The van der Waals surface area contributed by atoms with Crippen LogP contribution in [0.25, 0.3) is 0 Å². The van der Waals surface area contributed by atoms with Crippen molar-refractivity contribution in [1.82, 2.24) is 0 Å². The molecule has 15 heavy (non-hydrogen) atoms. The third-order valence-corrected chi connectivity index (χ3v) is 3.11. The van der Waals surface area contributed by atoms with E-state index >= 15 is 0 Å². The molecule has 0 aromatic carbocycles. The van der Waals surface area contributed by atoms with Crippen LogP contribution in [-0.4, -0.2) is 17.3 Å². The number of halogens is 4. The second kappa shape index (κ2) is 3.40. The molecule has 0 aromatic rings. The highest BCUT2D eigenvalue weighted by molar-refractivity contribution is 6.30. The maximum Gasteiger partial charge on any atom is 0.426 e. The van der Waals surface area contributed by atoms with Gasteiger partial charge < -0.3 is 5.11 Å². The van der Waals surface area contributed by atoms with Crippen molar-refractivity contribution in [2.45, 2.75) is 20.0 Å². The number of carboxylic acids is 1. The van der Waals surface area contributed by atoms with Gasteiger partial charge in [0.25, 0.3) is 0 Å². The van der Waals surface area contributed by atoms with Crippen LogP contribution in [0.5, 0.6) is 0 Å². The Morgan fingerprint density at radius 3 is 2.20 bits per heavy atom. The van der Waals surface area contributed by atoms with Gasteiger partial charge in [0.15, 0.2) is 0 Å². The van der Waals surface area contributed by atoms with Crippen molar-refractivity contribution < 1.29 is 23.1 Å². The van der Waals surface area contributed by atoms with E-state index in [0.29, 0.717) is 0 Å². The lowest BCUT2D eigenvalue weighted by Gasteiger charge is -2.04. The lowest BCUT2D eigenvalue weighted by Crippen LogP contribution is -2.07. The minimum absolute atomic E-state index is 0.649. The van der Waals surface area contributed by atoms with Gasteiger partial charge in [0.2, 0.25) is 0 Å². The predicted octanol–water partition coefficient (Wildman–Crippen LogP) is 3.03. The number of aliphatic carboxylic acids is 1. The molecular weight excluding hydrogens is 233 g/mol. The van der Waals surface area contributed by atoms with E-state index in [9.17, 15) is 18.0 Å². The summed E-state index contributed by atoms with van der Waals surface area (Å²) >= 11 is 5.03. The molecule has 0 heterocycles. The zero-order chi connectivity index (χ0) is 12.0. The highest BCUT2D eigenvalue weighted by atomic mass is 35.5. The fraction of sp³-hybridized carbons (Fsp3) is 0.667. The van der Waals surface area contributed by atoms with Gasteiger partial charge in [-0.2, -0.15) is 13.2 Å². The van der Waals surface area contributed by atoms with E-state index in [2.05, 4.69) is 0 Å². The molecule has 1 rings (SSSR count). The smallest absolute Gasteiger partial charge is 0.426 e. The molecule has 0 aliphatic heterocycles. The van der Waals surface area contributed by atoms with Crippen molar-refractivity contribution in [2.75, 3.05) is 0 Å². The molecule has 2 unspecified atom stereocenters. The number of allylic oxidation sites excluding steroid dienone is 2. The van der Waals surface area contributed by atoms with Crippen LogP contribution < -0.4 is 0 Å². The second-order valence-electron chi connectivity index (χ2n) is 4.18. The number of hydrogen-bond donors (Lipinski definition) is 1. The van der Waals surface area contributed by atoms with Crippen molar-refractivity contribution in [1.29, 1.82) is 0 Å². The third-order valence-electron chi connectivity index (χ3n) is 2.77. The summed E-state index contributed by atoms with van der Waals surface area (Å²) in [6, 6.07) is 0. The summed E-state index contributed by atoms with van der Waals surface area (Å²) < 4.78 is 36.2. The molecule has 0 spiro atoms. The minimum Gasteiger partial charge on any atom is -0.481 e. The van der Waals surface area contributed by atoms with Gasteiger partial charge in [-0.15, -0.1) is 0 Å². The molecule has 1 fully saturated rings. The lowest BCUT2D eigenvalue weighted by molar-refractivity contribution is -0.139. The highest BCUT2D eigenvalue weighted by Gasteiger charge is 2.61. The van der Waals surface area contributed by atoms with E-state index in [1.807, 2.05) is 0 Å². The Labute approximate surface area is 89.7 Å². The number of rotatable bonds is 2. The fourth-order valence-electron chi connectivity index (χ4n) is 1.71. The fourth-order valence-corrected chi connectivity index (χ4v) is 1.85. The zero-order valence-corrected chi connectivity index (χ0v) is 8.86. The molecule has 1 aliphatic carbocycles. The summed E-state index contributed by atoms with van der Waals surface area (Å²) in [6.45, 7) is 3.21. The van der Waals surface area contributed by atoms with Gasteiger partial charge in [0.1, 0.15) is 5.03 Å². The second-order valence-corrected chi connectivity index (χ2v) is 4.58. The van der Waals surface area contributed by atoms with Crippen molar-refractivity contribution >= 4 is 17.6 Å². The average Bonchev–Trinajstić information content (AvgIpc) is 2.50. The molecule has 0 bridgehead atoms. The molecule has 2 atom stereocenters. The summed E-state index contributed by atoms with van der Waals surface area (Å²) in [6.07, 6.45) is -3.80.